The summed E-state index contributed by atoms with van der Waals surface area (Å²) in [6, 6.07) is 4.64. The molecule has 5 nitrogen and oxygen atoms in total. The van der Waals surface area contributed by atoms with Crippen molar-refractivity contribution in [3.05, 3.63) is 29.6 Å². The summed E-state index contributed by atoms with van der Waals surface area (Å²) in [5.41, 5.74) is 0.135. The molecule has 0 amide bonds. The molecule has 0 heterocycles. The molecule has 0 aliphatic heterocycles. The van der Waals surface area contributed by atoms with Gasteiger partial charge in [0.2, 0.25) is 10.0 Å². The Labute approximate surface area is 125 Å². The van der Waals surface area contributed by atoms with E-state index in [4.69, 9.17) is 4.74 Å². The fourth-order valence-electron chi connectivity index (χ4n) is 2.02. The number of ether oxygens (including phenoxy) is 1. The maximum absolute atomic E-state index is 13.7. The Morgan fingerprint density at radius 2 is 2.00 bits per heavy atom. The molecule has 0 aromatic heterocycles. The fraction of sp³-hybridized carbons (Fsp3) is 0.571. The minimum Gasteiger partial charge on any atom is -0.494 e. The standard InChI is InChI=1S/C14H23FN2O3S/c1-10(11-6-7-13(20-4)12(15)8-11)16-9-14(2,3)17-21(5,18)19/h6-8,10,16-17H,9H2,1-5H3. The topological polar surface area (TPSA) is 67.4 Å². The molecule has 0 bridgehead atoms. The molecule has 2 N–H and O–H groups in total. The summed E-state index contributed by atoms with van der Waals surface area (Å²) in [4.78, 5) is 0. The zero-order chi connectivity index (χ0) is 16.3. The normalized spacial score (nSPS) is 14.0. The average Bonchev–Trinajstić information content (AvgIpc) is 2.33. The highest BCUT2D eigenvalue weighted by molar-refractivity contribution is 7.88. The first kappa shape index (κ1) is 17.9. The Morgan fingerprint density at radius 3 is 2.48 bits per heavy atom. The number of rotatable bonds is 7. The van der Waals surface area contributed by atoms with Crippen molar-refractivity contribution < 1.29 is 17.5 Å². The van der Waals surface area contributed by atoms with Gasteiger partial charge in [-0.25, -0.2) is 17.5 Å². The van der Waals surface area contributed by atoms with Crippen molar-refractivity contribution in [1.82, 2.24) is 10.0 Å². The number of methoxy groups -OCH3 is 1. The Hall–Kier alpha value is -1.18. The second kappa shape index (κ2) is 6.72. The third kappa shape index (κ3) is 5.99. The predicted octanol–water partition coefficient (Wildman–Crippen LogP) is 1.81. The minimum absolute atomic E-state index is 0.119. The molecule has 0 fully saturated rings. The highest BCUT2D eigenvalue weighted by atomic mass is 32.2. The highest BCUT2D eigenvalue weighted by Crippen LogP contribution is 2.22. The van der Waals surface area contributed by atoms with Gasteiger partial charge in [0.05, 0.1) is 13.4 Å². The van der Waals surface area contributed by atoms with Gasteiger partial charge in [-0.2, -0.15) is 0 Å². The van der Waals surface area contributed by atoms with Crippen molar-refractivity contribution in [1.29, 1.82) is 0 Å². The van der Waals surface area contributed by atoms with Crippen LogP contribution in [0.4, 0.5) is 4.39 Å². The number of sulfonamides is 1. The molecular weight excluding hydrogens is 295 g/mol. The molecule has 0 aliphatic rings. The monoisotopic (exact) mass is 318 g/mol. The zero-order valence-electron chi connectivity index (χ0n) is 13.0. The lowest BCUT2D eigenvalue weighted by Gasteiger charge is -2.27. The van der Waals surface area contributed by atoms with Gasteiger partial charge >= 0.3 is 0 Å². The summed E-state index contributed by atoms with van der Waals surface area (Å²) < 4.78 is 43.6. The summed E-state index contributed by atoms with van der Waals surface area (Å²) >= 11 is 0. The molecule has 120 valence electrons. The van der Waals surface area contributed by atoms with Gasteiger partial charge in [-0.1, -0.05) is 6.07 Å². The van der Waals surface area contributed by atoms with Crippen molar-refractivity contribution in [3.8, 4) is 5.75 Å². The van der Waals surface area contributed by atoms with E-state index in [2.05, 4.69) is 10.0 Å². The van der Waals surface area contributed by atoms with Crippen molar-refractivity contribution in [2.75, 3.05) is 19.9 Å². The van der Waals surface area contributed by atoms with E-state index in [0.29, 0.717) is 6.54 Å². The molecule has 1 unspecified atom stereocenters. The number of benzene rings is 1. The maximum atomic E-state index is 13.7. The van der Waals surface area contributed by atoms with Crippen molar-refractivity contribution in [2.24, 2.45) is 0 Å². The van der Waals surface area contributed by atoms with Crippen LogP contribution in [0.3, 0.4) is 0 Å². The summed E-state index contributed by atoms with van der Waals surface area (Å²) in [6.07, 6.45) is 1.12. The van der Waals surface area contributed by atoms with E-state index in [1.165, 1.54) is 13.2 Å². The molecule has 21 heavy (non-hydrogen) atoms. The Balaban J connectivity index is 2.69. The van der Waals surface area contributed by atoms with Gasteiger partial charge in [-0.05, 0) is 38.5 Å². The molecule has 0 radical (unpaired) electrons. The zero-order valence-corrected chi connectivity index (χ0v) is 13.8. The van der Waals surface area contributed by atoms with Gasteiger partial charge in [0.15, 0.2) is 11.6 Å². The van der Waals surface area contributed by atoms with Crippen molar-refractivity contribution in [3.63, 3.8) is 0 Å². The molecule has 1 atom stereocenters. The molecule has 1 aromatic rings. The van der Waals surface area contributed by atoms with Crippen LogP contribution in [-0.2, 0) is 10.0 Å². The maximum Gasteiger partial charge on any atom is 0.209 e. The smallest absolute Gasteiger partial charge is 0.209 e. The SMILES string of the molecule is COc1ccc(C(C)NCC(C)(C)NS(C)(=O)=O)cc1F. The van der Waals surface area contributed by atoms with E-state index in [1.54, 1.807) is 26.0 Å². The lowest BCUT2D eigenvalue weighted by atomic mass is 10.0. The van der Waals surface area contributed by atoms with Crippen LogP contribution in [0.2, 0.25) is 0 Å². The first-order valence-electron chi connectivity index (χ1n) is 6.60. The Kier molecular flexibility index (Phi) is 5.72. The second-order valence-electron chi connectivity index (χ2n) is 5.75. The summed E-state index contributed by atoms with van der Waals surface area (Å²) in [5, 5.41) is 3.19. The van der Waals surface area contributed by atoms with Gasteiger partial charge in [0, 0.05) is 18.1 Å². The van der Waals surface area contributed by atoms with Gasteiger partial charge in [-0.15, -0.1) is 0 Å². The molecule has 0 saturated heterocycles. The first-order valence-corrected chi connectivity index (χ1v) is 8.49. The third-order valence-electron chi connectivity index (χ3n) is 2.99. The summed E-state index contributed by atoms with van der Waals surface area (Å²) in [6.45, 7) is 5.86. The highest BCUT2D eigenvalue weighted by Gasteiger charge is 2.22. The molecule has 7 heteroatoms. The van der Waals surface area contributed by atoms with Gasteiger partial charge < -0.3 is 10.1 Å². The second-order valence-corrected chi connectivity index (χ2v) is 7.50. The molecule has 0 saturated carbocycles. The molecule has 0 aliphatic carbocycles. The van der Waals surface area contributed by atoms with E-state index in [9.17, 15) is 12.8 Å². The fourth-order valence-corrected chi connectivity index (χ4v) is 3.09. The lowest BCUT2D eigenvalue weighted by Crippen LogP contribution is -2.50. The quantitative estimate of drug-likeness (QED) is 0.805. The van der Waals surface area contributed by atoms with Crippen molar-refractivity contribution >= 4 is 10.0 Å². The Morgan fingerprint density at radius 1 is 1.38 bits per heavy atom. The molecule has 1 aromatic carbocycles. The predicted molar refractivity (Wildman–Crippen MR) is 81.4 cm³/mol. The van der Waals surface area contributed by atoms with Crippen LogP contribution in [0.15, 0.2) is 18.2 Å². The molecule has 1 rings (SSSR count). The molecule has 0 spiro atoms. The largest absolute Gasteiger partial charge is 0.494 e. The third-order valence-corrected chi connectivity index (χ3v) is 3.91. The number of nitrogens with one attached hydrogen (secondary N) is 2. The van der Waals surface area contributed by atoms with Gasteiger partial charge in [-0.3, -0.25) is 0 Å². The van der Waals surface area contributed by atoms with Gasteiger partial charge in [0.25, 0.3) is 0 Å². The van der Waals surface area contributed by atoms with Crippen molar-refractivity contribution in [2.45, 2.75) is 32.4 Å². The van der Waals surface area contributed by atoms with E-state index in [0.717, 1.165) is 11.8 Å². The van der Waals surface area contributed by atoms with Crippen LogP contribution < -0.4 is 14.8 Å². The summed E-state index contributed by atoms with van der Waals surface area (Å²) in [5.74, 6) is -0.220. The number of hydrogen-bond donors (Lipinski definition) is 2. The van der Waals surface area contributed by atoms with Crippen LogP contribution in [0.1, 0.15) is 32.4 Å². The van der Waals surface area contributed by atoms with Crippen LogP contribution in [0.5, 0.6) is 5.75 Å². The first-order chi connectivity index (χ1) is 9.54. The van der Waals surface area contributed by atoms with Crippen LogP contribution >= 0.6 is 0 Å². The Bertz CT molecular complexity index is 588. The molecular formula is C14H23FN2O3S. The van der Waals surface area contributed by atoms with E-state index in [-0.39, 0.29) is 11.8 Å². The summed E-state index contributed by atoms with van der Waals surface area (Å²) in [7, 11) is -1.86. The van der Waals surface area contributed by atoms with Gasteiger partial charge in [0.1, 0.15) is 0 Å². The van der Waals surface area contributed by atoms with E-state index >= 15 is 0 Å². The van der Waals surface area contributed by atoms with Crippen LogP contribution in [0, 0.1) is 5.82 Å². The minimum atomic E-state index is -3.28. The van der Waals surface area contributed by atoms with Crippen LogP contribution in [-0.4, -0.2) is 33.9 Å². The van der Waals surface area contributed by atoms with E-state index < -0.39 is 21.4 Å². The average molecular weight is 318 g/mol. The van der Waals surface area contributed by atoms with Crippen LogP contribution in [0.25, 0.3) is 0 Å². The number of hydrogen-bond acceptors (Lipinski definition) is 4. The number of halogens is 1. The lowest BCUT2D eigenvalue weighted by molar-refractivity contribution is 0.383. The van der Waals surface area contributed by atoms with E-state index in [1.807, 2.05) is 6.92 Å².